The first-order valence-corrected chi connectivity index (χ1v) is 11.2. The minimum Gasteiger partial charge on any atom is -0.489 e. The second-order valence-electron chi connectivity index (χ2n) is 8.29. The zero-order valence-electron chi connectivity index (χ0n) is 18.4. The molecule has 0 aliphatic rings. The molecule has 1 atom stereocenters. The lowest BCUT2D eigenvalue weighted by atomic mass is 9.96. The summed E-state index contributed by atoms with van der Waals surface area (Å²) in [5.41, 5.74) is 7.53. The van der Waals surface area contributed by atoms with Crippen LogP contribution in [0.15, 0.2) is 103 Å². The number of benzene rings is 4. The summed E-state index contributed by atoms with van der Waals surface area (Å²) in [5.74, 6) is 1.63. The smallest absolute Gasteiger partial charge is 0.119 e. The Bertz CT molecular complexity index is 1060. The first kappa shape index (κ1) is 20.9. The van der Waals surface area contributed by atoms with Crippen molar-refractivity contribution in [3.8, 4) is 28.0 Å². The van der Waals surface area contributed by atoms with Crippen molar-refractivity contribution in [2.24, 2.45) is 5.92 Å². The Labute approximate surface area is 186 Å². The van der Waals surface area contributed by atoms with Gasteiger partial charge in [0.05, 0.1) is 0 Å². The van der Waals surface area contributed by atoms with Crippen LogP contribution < -0.4 is 4.74 Å². The van der Waals surface area contributed by atoms with Crippen LogP contribution in [0.1, 0.15) is 31.4 Å². The molecule has 4 aromatic rings. The summed E-state index contributed by atoms with van der Waals surface area (Å²) < 4.78 is 5.90. The van der Waals surface area contributed by atoms with E-state index in [1.54, 1.807) is 0 Å². The van der Waals surface area contributed by atoms with Gasteiger partial charge in [-0.05, 0) is 57.9 Å². The zero-order valence-corrected chi connectivity index (χ0v) is 18.4. The molecule has 4 rings (SSSR count). The van der Waals surface area contributed by atoms with Gasteiger partial charge in [0.1, 0.15) is 12.4 Å². The summed E-state index contributed by atoms with van der Waals surface area (Å²) in [7, 11) is 0. The molecule has 0 spiro atoms. The van der Waals surface area contributed by atoms with Crippen LogP contribution in [0.2, 0.25) is 0 Å². The van der Waals surface area contributed by atoms with E-state index in [2.05, 4.69) is 86.6 Å². The van der Waals surface area contributed by atoms with Gasteiger partial charge in [-0.25, -0.2) is 0 Å². The molecule has 0 fully saturated rings. The van der Waals surface area contributed by atoms with Gasteiger partial charge in [-0.3, -0.25) is 0 Å². The van der Waals surface area contributed by atoms with Gasteiger partial charge in [0.15, 0.2) is 0 Å². The van der Waals surface area contributed by atoms with Gasteiger partial charge in [0, 0.05) is 0 Å². The molecule has 156 valence electrons. The zero-order chi connectivity index (χ0) is 21.5. The van der Waals surface area contributed by atoms with E-state index in [0.717, 1.165) is 18.1 Å². The summed E-state index contributed by atoms with van der Waals surface area (Å²) in [5, 5.41) is 0. The summed E-state index contributed by atoms with van der Waals surface area (Å²) >= 11 is 0. The maximum atomic E-state index is 5.90. The quantitative estimate of drug-likeness (QED) is 0.286. The minimum atomic E-state index is 0.588. The fraction of sp³-hybridized carbons (Fsp3) is 0.200. The molecule has 0 radical (unpaired) electrons. The molecule has 0 aromatic heterocycles. The number of hydrogen-bond donors (Lipinski definition) is 0. The molecule has 1 heteroatoms. The molecule has 1 nitrogen and oxygen atoms in total. The van der Waals surface area contributed by atoms with Crippen molar-refractivity contribution in [3.05, 3.63) is 114 Å². The van der Waals surface area contributed by atoms with Gasteiger partial charge < -0.3 is 4.74 Å². The van der Waals surface area contributed by atoms with Crippen LogP contribution in [0, 0.1) is 5.92 Å². The Balaban J connectivity index is 1.39. The van der Waals surface area contributed by atoms with E-state index in [0.29, 0.717) is 6.61 Å². The number of rotatable bonds is 8. The van der Waals surface area contributed by atoms with Crippen LogP contribution in [0.3, 0.4) is 0 Å². The van der Waals surface area contributed by atoms with E-state index in [-0.39, 0.29) is 0 Å². The Hall–Kier alpha value is -3.32. The van der Waals surface area contributed by atoms with Gasteiger partial charge in [0.2, 0.25) is 0 Å². The standard InChI is InChI=1S/C30H30O/c1-3-23(2)21-24-9-11-26(12-10-24)27-13-15-28(16-14-27)29-17-19-30(20-18-29)31-22-25-7-5-4-6-8-25/h4-20,23H,3,21-22H2,1-2H3/t23-/m0/s1. The van der Waals surface area contributed by atoms with Crippen LogP contribution in [-0.2, 0) is 13.0 Å². The Morgan fingerprint density at radius 1 is 0.581 bits per heavy atom. The summed E-state index contributed by atoms with van der Waals surface area (Å²) in [6, 6.07) is 36.4. The highest BCUT2D eigenvalue weighted by molar-refractivity contribution is 5.70. The van der Waals surface area contributed by atoms with E-state index in [1.807, 2.05) is 30.3 Å². The van der Waals surface area contributed by atoms with Crippen LogP contribution in [0.4, 0.5) is 0 Å². The van der Waals surface area contributed by atoms with Crippen molar-refractivity contribution in [2.45, 2.75) is 33.3 Å². The van der Waals surface area contributed by atoms with E-state index in [1.165, 1.54) is 39.8 Å². The lowest BCUT2D eigenvalue weighted by Crippen LogP contribution is -1.97. The predicted molar refractivity (Wildman–Crippen MR) is 131 cm³/mol. The molecule has 0 amide bonds. The summed E-state index contributed by atoms with van der Waals surface area (Å²) in [6.07, 6.45) is 2.38. The van der Waals surface area contributed by atoms with Gasteiger partial charge >= 0.3 is 0 Å². The lowest BCUT2D eigenvalue weighted by molar-refractivity contribution is 0.306. The summed E-state index contributed by atoms with van der Waals surface area (Å²) in [4.78, 5) is 0. The normalized spacial score (nSPS) is 11.8. The third-order valence-electron chi connectivity index (χ3n) is 5.89. The average molecular weight is 407 g/mol. The topological polar surface area (TPSA) is 9.23 Å². The molecule has 0 unspecified atom stereocenters. The fourth-order valence-electron chi connectivity index (χ4n) is 3.72. The maximum Gasteiger partial charge on any atom is 0.119 e. The first-order chi connectivity index (χ1) is 15.2. The van der Waals surface area contributed by atoms with Crippen LogP contribution in [0.25, 0.3) is 22.3 Å². The molecule has 4 aromatic carbocycles. The lowest BCUT2D eigenvalue weighted by Gasteiger charge is -2.10. The molecule has 0 saturated carbocycles. The van der Waals surface area contributed by atoms with Crippen molar-refractivity contribution >= 4 is 0 Å². The molecular weight excluding hydrogens is 376 g/mol. The van der Waals surface area contributed by atoms with Crippen LogP contribution in [-0.4, -0.2) is 0 Å². The van der Waals surface area contributed by atoms with Gasteiger partial charge in [-0.2, -0.15) is 0 Å². The third kappa shape index (κ3) is 5.64. The second kappa shape index (κ2) is 10.1. The van der Waals surface area contributed by atoms with Crippen molar-refractivity contribution in [1.29, 1.82) is 0 Å². The first-order valence-electron chi connectivity index (χ1n) is 11.2. The second-order valence-corrected chi connectivity index (χ2v) is 8.29. The highest BCUT2D eigenvalue weighted by Crippen LogP contribution is 2.27. The SMILES string of the molecule is CC[C@H](C)Cc1ccc(-c2ccc(-c3ccc(OCc4ccccc4)cc3)cc2)cc1. The largest absolute Gasteiger partial charge is 0.489 e. The predicted octanol–water partition coefficient (Wildman–Crippen LogP) is 8.19. The maximum absolute atomic E-state index is 5.90. The molecule has 0 N–H and O–H groups in total. The van der Waals surface area contributed by atoms with Crippen molar-refractivity contribution < 1.29 is 4.74 Å². The van der Waals surface area contributed by atoms with Crippen molar-refractivity contribution in [2.75, 3.05) is 0 Å². The number of ether oxygens (including phenoxy) is 1. The van der Waals surface area contributed by atoms with Crippen molar-refractivity contribution in [1.82, 2.24) is 0 Å². The summed E-state index contributed by atoms with van der Waals surface area (Å²) in [6.45, 7) is 5.16. The average Bonchev–Trinajstić information content (AvgIpc) is 2.84. The molecule has 0 bridgehead atoms. The van der Waals surface area contributed by atoms with Crippen LogP contribution >= 0.6 is 0 Å². The van der Waals surface area contributed by atoms with E-state index in [9.17, 15) is 0 Å². The van der Waals surface area contributed by atoms with E-state index >= 15 is 0 Å². The highest BCUT2D eigenvalue weighted by atomic mass is 16.5. The van der Waals surface area contributed by atoms with Crippen molar-refractivity contribution in [3.63, 3.8) is 0 Å². The highest BCUT2D eigenvalue weighted by Gasteiger charge is 2.04. The number of hydrogen-bond acceptors (Lipinski definition) is 1. The minimum absolute atomic E-state index is 0.588. The molecular formula is C30H30O. The fourth-order valence-corrected chi connectivity index (χ4v) is 3.72. The van der Waals surface area contributed by atoms with Gasteiger partial charge in [0.25, 0.3) is 0 Å². The Morgan fingerprint density at radius 2 is 1.06 bits per heavy atom. The Kier molecular flexibility index (Phi) is 6.84. The van der Waals surface area contributed by atoms with Crippen LogP contribution in [0.5, 0.6) is 5.75 Å². The van der Waals surface area contributed by atoms with Gasteiger partial charge in [-0.15, -0.1) is 0 Å². The van der Waals surface area contributed by atoms with E-state index in [4.69, 9.17) is 4.74 Å². The molecule has 31 heavy (non-hydrogen) atoms. The monoisotopic (exact) mass is 406 g/mol. The molecule has 0 aliphatic heterocycles. The van der Waals surface area contributed by atoms with Gasteiger partial charge in [-0.1, -0.05) is 111 Å². The molecule has 0 heterocycles. The Morgan fingerprint density at radius 3 is 1.58 bits per heavy atom. The third-order valence-corrected chi connectivity index (χ3v) is 5.89. The van der Waals surface area contributed by atoms with E-state index < -0.39 is 0 Å². The molecule has 0 aliphatic carbocycles. The molecule has 0 saturated heterocycles.